The second-order valence-corrected chi connectivity index (χ2v) is 6.50. The molecule has 1 aliphatic rings. The van der Waals surface area contributed by atoms with E-state index in [-0.39, 0.29) is 5.78 Å². The van der Waals surface area contributed by atoms with Crippen LogP contribution in [0.3, 0.4) is 0 Å². The van der Waals surface area contributed by atoms with Crippen molar-refractivity contribution in [2.24, 2.45) is 5.41 Å². The monoisotopic (exact) mass is 256 g/mol. The lowest BCUT2D eigenvalue weighted by Crippen LogP contribution is -2.39. The van der Waals surface area contributed by atoms with Crippen LogP contribution in [0.15, 0.2) is 0 Å². The maximum absolute atomic E-state index is 11.2. The standard InChI is InChI=1S/C10H15Cl3O/c1-8(14)7-9(10(11,12)13)5-3-2-4-6-9/h2-7H2,1H3. The van der Waals surface area contributed by atoms with Crippen LogP contribution in [0.1, 0.15) is 45.4 Å². The summed E-state index contributed by atoms with van der Waals surface area (Å²) in [4.78, 5) is 11.2. The maximum Gasteiger partial charge on any atom is 0.196 e. The van der Waals surface area contributed by atoms with Gasteiger partial charge in [-0.3, -0.25) is 0 Å². The second-order valence-electron chi connectivity index (χ2n) is 4.22. The first-order valence-electron chi connectivity index (χ1n) is 4.94. The van der Waals surface area contributed by atoms with E-state index in [1.54, 1.807) is 6.92 Å². The molecule has 1 rings (SSSR count). The zero-order valence-electron chi connectivity index (χ0n) is 8.28. The summed E-state index contributed by atoms with van der Waals surface area (Å²) in [7, 11) is 0. The van der Waals surface area contributed by atoms with Gasteiger partial charge < -0.3 is 4.79 Å². The van der Waals surface area contributed by atoms with Gasteiger partial charge in [0.25, 0.3) is 0 Å². The van der Waals surface area contributed by atoms with E-state index < -0.39 is 9.21 Å². The zero-order chi connectivity index (χ0) is 10.8. The van der Waals surface area contributed by atoms with Crippen molar-refractivity contribution in [2.45, 2.75) is 49.2 Å². The summed E-state index contributed by atoms with van der Waals surface area (Å²) in [6, 6.07) is 0. The number of hydrogen-bond acceptors (Lipinski definition) is 1. The first-order chi connectivity index (χ1) is 6.37. The predicted molar refractivity (Wildman–Crippen MR) is 61.1 cm³/mol. The van der Waals surface area contributed by atoms with Gasteiger partial charge in [-0.25, -0.2) is 0 Å². The van der Waals surface area contributed by atoms with Gasteiger partial charge in [-0.1, -0.05) is 54.1 Å². The minimum absolute atomic E-state index is 0.109. The van der Waals surface area contributed by atoms with E-state index in [2.05, 4.69) is 0 Å². The van der Waals surface area contributed by atoms with Crippen LogP contribution in [0.4, 0.5) is 0 Å². The number of carbonyl (C=O) groups excluding carboxylic acids is 1. The van der Waals surface area contributed by atoms with Crippen LogP contribution in [0.25, 0.3) is 0 Å². The Kier molecular flexibility index (Phi) is 4.13. The molecule has 4 heteroatoms. The fourth-order valence-corrected chi connectivity index (χ4v) is 3.03. The molecule has 0 spiro atoms. The third-order valence-corrected chi connectivity index (χ3v) is 4.20. The smallest absolute Gasteiger partial charge is 0.196 e. The Morgan fingerprint density at radius 3 is 2.07 bits per heavy atom. The molecular weight excluding hydrogens is 242 g/mol. The van der Waals surface area contributed by atoms with Gasteiger partial charge in [-0.2, -0.15) is 0 Å². The molecule has 1 fully saturated rings. The van der Waals surface area contributed by atoms with Gasteiger partial charge in [0.15, 0.2) is 3.79 Å². The van der Waals surface area contributed by atoms with Crippen LogP contribution in [0, 0.1) is 5.41 Å². The van der Waals surface area contributed by atoms with Crippen molar-refractivity contribution in [1.29, 1.82) is 0 Å². The van der Waals surface area contributed by atoms with Crippen LogP contribution in [-0.4, -0.2) is 9.58 Å². The van der Waals surface area contributed by atoms with Crippen LogP contribution >= 0.6 is 34.8 Å². The number of alkyl halides is 3. The van der Waals surface area contributed by atoms with Gasteiger partial charge in [0.05, 0.1) is 0 Å². The average molecular weight is 258 g/mol. The van der Waals surface area contributed by atoms with Crippen molar-refractivity contribution < 1.29 is 4.79 Å². The molecule has 0 N–H and O–H groups in total. The summed E-state index contributed by atoms with van der Waals surface area (Å²) in [5, 5.41) is 0. The highest BCUT2D eigenvalue weighted by molar-refractivity contribution is 6.68. The maximum atomic E-state index is 11.2. The van der Waals surface area contributed by atoms with Crippen molar-refractivity contribution in [3.63, 3.8) is 0 Å². The Morgan fingerprint density at radius 1 is 1.21 bits per heavy atom. The highest BCUT2D eigenvalue weighted by atomic mass is 35.6. The van der Waals surface area contributed by atoms with E-state index in [1.165, 1.54) is 6.42 Å². The van der Waals surface area contributed by atoms with E-state index in [1.807, 2.05) is 0 Å². The summed E-state index contributed by atoms with van der Waals surface area (Å²) in [6.45, 7) is 1.56. The molecule has 0 saturated heterocycles. The Labute approximate surface area is 100 Å². The molecule has 0 heterocycles. The topological polar surface area (TPSA) is 17.1 Å². The summed E-state index contributed by atoms with van der Waals surface area (Å²) in [6.07, 6.45) is 5.39. The third-order valence-electron chi connectivity index (χ3n) is 3.00. The number of halogens is 3. The Hall–Kier alpha value is 0.540. The highest BCUT2D eigenvalue weighted by Crippen LogP contribution is 2.55. The quantitative estimate of drug-likeness (QED) is 0.675. The number of ketones is 1. The first-order valence-corrected chi connectivity index (χ1v) is 6.07. The Balaban J connectivity index is 2.83. The van der Waals surface area contributed by atoms with Crippen molar-refractivity contribution in [1.82, 2.24) is 0 Å². The zero-order valence-corrected chi connectivity index (χ0v) is 10.6. The van der Waals surface area contributed by atoms with E-state index in [0.29, 0.717) is 6.42 Å². The van der Waals surface area contributed by atoms with Gasteiger partial charge in [0, 0.05) is 11.8 Å². The minimum atomic E-state index is -1.31. The van der Waals surface area contributed by atoms with E-state index >= 15 is 0 Å². The molecule has 0 unspecified atom stereocenters. The Bertz CT molecular complexity index is 214. The summed E-state index contributed by atoms with van der Waals surface area (Å²) in [5.74, 6) is 0.109. The molecular formula is C10H15Cl3O. The second kappa shape index (κ2) is 4.59. The molecule has 1 aliphatic carbocycles. The van der Waals surface area contributed by atoms with Gasteiger partial charge in [-0.05, 0) is 19.8 Å². The van der Waals surface area contributed by atoms with Gasteiger partial charge in [0.1, 0.15) is 5.78 Å². The van der Waals surface area contributed by atoms with Gasteiger partial charge in [-0.15, -0.1) is 0 Å². The minimum Gasteiger partial charge on any atom is -0.300 e. The molecule has 0 atom stereocenters. The van der Waals surface area contributed by atoms with Crippen LogP contribution < -0.4 is 0 Å². The lowest BCUT2D eigenvalue weighted by molar-refractivity contribution is -0.119. The average Bonchev–Trinajstić information content (AvgIpc) is 2.02. The molecule has 1 nitrogen and oxygen atoms in total. The molecule has 0 aromatic rings. The molecule has 82 valence electrons. The molecule has 0 aromatic heterocycles. The largest absolute Gasteiger partial charge is 0.300 e. The number of carbonyl (C=O) groups is 1. The fraction of sp³-hybridized carbons (Fsp3) is 0.900. The molecule has 0 bridgehead atoms. The van der Waals surface area contributed by atoms with Gasteiger partial charge in [0.2, 0.25) is 0 Å². The van der Waals surface area contributed by atoms with Crippen LogP contribution in [0.2, 0.25) is 0 Å². The van der Waals surface area contributed by atoms with E-state index in [9.17, 15) is 4.79 Å². The van der Waals surface area contributed by atoms with E-state index in [4.69, 9.17) is 34.8 Å². The fourth-order valence-electron chi connectivity index (χ4n) is 2.27. The normalized spacial score (nSPS) is 22.0. The lowest BCUT2D eigenvalue weighted by Gasteiger charge is -2.42. The van der Waals surface area contributed by atoms with Crippen molar-refractivity contribution in [3.05, 3.63) is 0 Å². The molecule has 0 aromatic carbocycles. The number of Topliss-reactive ketones (excluding diaryl/α,β-unsaturated/α-hetero) is 1. The summed E-state index contributed by atoms with van der Waals surface area (Å²) >= 11 is 18.0. The molecule has 14 heavy (non-hydrogen) atoms. The van der Waals surface area contributed by atoms with Crippen molar-refractivity contribution in [2.75, 3.05) is 0 Å². The van der Waals surface area contributed by atoms with E-state index in [0.717, 1.165) is 25.7 Å². The molecule has 0 aliphatic heterocycles. The molecule has 0 radical (unpaired) electrons. The van der Waals surface area contributed by atoms with Crippen LogP contribution in [-0.2, 0) is 4.79 Å². The van der Waals surface area contributed by atoms with Gasteiger partial charge >= 0.3 is 0 Å². The SMILES string of the molecule is CC(=O)CC1(C(Cl)(Cl)Cl)CCCCC1. The number of hydrogen-bond donors (Lipinski definition) is 0. The first kappa shape index (κ1) is 12.6. The molecule has 0 amide bonds. The molecule has 1 saturated carbocycles. The lowest BCUT2D eigenvalue weighted by atomic mass is 9.72. The highest BCUT2D eigenvalue weighted by Gasteiger charge is 2.49. The van der Waals surface area contributed by atoms with Crippen LogP contribution in [0.5, 0.6) is 0 Å². The van der Waals surface area contributed by atoms with Crippen molar-refractivity contribution in [3.8, 4) is 0 Å². The number of rotatable bonds is 2. The van der Waals surface area contributed by atoms with Crippen molar-refractivity contribution >= 4 is 40.6 Å². The summed E-state index contributed by atoms with van der Waals surface area (Å²) < 4.78 is -1.31. The predicted octanol–water partition coefficient (Wildman–Crippen LogP) is 4.29. The summed E-state index contributed by atoms with van der Waals surface area (Å²) in [5.41, 5.74) is -0.415. The Morgan fingerprint density at radius 2 is 1.71 bits per heavy atom. The third kappa shape index (κ3) is 2.77.